The molecule has 0 radical (unpaired) electrons. The van der Waals surface area contributed by atoms with Crippen LogP contribution in [0.3, 0.4) is 0 Å². The van der Waals surface area contributed by atoms with E-state index in [1.54, 1.807) is 0 Å². The van der Waals surface area contributed by atoms with Crippen molar-refractivity contribution in [3.8, 4) is 0 Å². The Hall–Kier alpha value is -3.23. The lowest BCUT2D eigenvalue weighted by Gasteiger charge is -2.16. The molecule has 2 aromatic rings. The SMILES string of the molecule is CC.COC(=O)c1cnc(C(C)=N)c(NC(=O)c2c(C)cccc2C(F)(F)F)c1. The topological polar surface area (TPSA) is 92.1 Å². The van der Waals surface area contributed by atoms with Crippen LogP contribution in [-0.2, 0) is 10.9 Å². The van der Waals surface area contributed by atoms with Crippen molar-refractivity contribution in [2.24, 2.45) is 0 Å². The second kappa shape index (κ2) is 9.81. The summed E-state index contributed by atoms with van der Waals surface area (Å²) in [4.78, 5) is 28.2. The van der Waals surface area contributed by atoms with Gasteiger partial charge in [-0.1, -0.05) is 26.0 Å². The van der Waals surface area contributed by atoms with Crippen molar-refractivity contribution in [1.29, 1.82) is 5.41 Å². The average molecular weight is 409 g/mol. The Bertz CT molecular complexity index is 925. The van der Waals surface area contributed by atoms with Crippen molar-refractivity contribution in [2.45, 2.75) is 33.9 Å². The maximum atomic E-state index is 13.3. The van der Waals surface area contributed by atoms with Crippen LogP contribution in [0.15, 0.2) is 30.5 Å². The third kappa shape index (κ3) is 5.63. The molecule has 1 aromatic carbocycles. The maximum Gasteiger partial charge on any atom is 0.417 e. The van der Waals surface area contributed by atoms with Crippen LogP contribution in [0, 0.1) is 12.3 Å². The number of anilines is 1. The van der Waals surface area contributed by atoms with E-state index < -0.39 is 29.2 Å². The van der Waals surface area contributed by atoms with Gasteiger partial charge in [-0.2, -0.15) is 13.2 Å². The molecule has 6 nitrogen and oxygen atoms in total. The number of benzene rings is 1. The van der Waals surface area contributed by atoms with Gasteiger partial charge in [0.15, 0.2) is 0 Å². The summed E-state index contributed by atoms with van der Waals surface area (Å²) in [5.74, 6) is -1.76. The molecule has 0 saturated carbocycles. The van der Waals surface area contributed by atoms with E-state index in [0.717, 1.165) is 19.4 Å². The van der Waals surface area contributed by atoms with Crippen LogP contribution in [-0.4, -0.2) is 29.7 Å². The zero-order chi connectivity index (χ0) is 22.4. The van der Waals surface area contributed by atoms with E-state index in [9.17, 15) is 22.8 Å². The number of nitrogens with one attached hydrogen (secondary N) is 2. The molecule has 1 heterocycles. The van der Waals surface area contributed by atoms with Gasteiger partial charge in [-0.3, -0.25) is 9.78 Å². The first-order valence-corrected chi connectivity index (χ1v) is 8.68. The number of aromatic nitrogens is 1. The summed E-state index contributed by atoms with van der Waals surface area (Å²) in [6, 6.07) is 4.61. The number of esters is 1. The molecule has 2 N–H and O–H groups in total. The van der Waals surface area contributed by atoms with Gasteiger partial charge in [0.25, 0.3) is 5.91 Å². The van der Waals surface area contributed by atoms with Crippen molar-refractivity contribution >= 4 is 23.3 Å². The lowest BCUT2D eigenvalue weighted by Crippen LogP contribution is -2.22. The van der Waals surface area contributed by atoms with Gasteiger partial charge in [0.05, 0.1) is 35.2 Å². The van der Waals surface area contributed by atoms with Gasteiger partial charge in [0.2, 0.25) is 0 Å². The van der Waals surface area contributed by atoms with Gasteiger partial charge in [0, 0.05) is 6.20 Å². The highest BCUT2D eigenvalue weighted by Crippen LogP contribution is 2.33. The first kappa shape index (κ1) is 23.8. The molecule has 1 aromatic heterocycles. The van der Waals surface area contributed by atoms with E-state index in [1.165, 1.54) is 32.0 Å². The van der Waals surface area contributed by atoms with Gasteiger partial charge >= 0.3 is 12.1 Å². The smallest absolute Gasteiger partial charge is 0.417 e. The minimum absolute atomic E-state index is 0.0152. The predicted octanol–water partition coefficient (Wildman–Crippen LogP) is 4.86. The quantitative estimate of drug-likeness (QED) is 0.557. The second-order valence-electron chi connectivity index (χ2n) is 5.69. The fraction of sp³-hybridized carbons (Fsp3) is 0.300. The van der Waals surface area contributed by atoms with Gasteiger partial charge < -0.3 is 15.5 Å². The van der Waals surface area contributed by atoms with Crippen molar-refractivity contribution in [2.75, 3.05) is 12.4 Å². The van der Waals surface area contributed by atoms with E-state index >= 15 is 0 Å². The lowest BCUT2D eigenvalue weighted by molar-refractivity contribution is -0.137. The standard InChI is InChI=1S/C18H16F3N3O3.C2H6/c1-9-5-4-6-12(18(19,20)21)14(9)16(25)24-13-7-11(17(26)27-3)8-23-15(13)10(2)22;1-2/h4-8,22H,1-3H3,(H,24,25);1-2H3. The fourth-order valence-electron chi connectivity index (χ4n) is 2.48. The normalized spacial score (nSPS) is 10.5. The number of alkyl halides is 3. The van der Waals surface area contributed by atoms with E-state index in [2.05, 4.69) is 15.0 Å². The molecule has 0 spiro atoms. The summed E-state index contributed by atoms with van der Waals surface area (Å²) in [6.07, 6.45) is -3.56. The predicted molar refractivity (Wildman–Crippen MR) is 104 cm³/mol. The number of nitrogens with zero attached hydrogens (tertiary/aromatic N) is 1. The zero-order valence-electron chi connectivity index (χ0n) is 16.7. The lowest BCUT2D eigenvalue weighted by atomic mass is 10.0. The highest BCUT2D eigenvalue weighted by atomic mass is 19.4. The van der Waals surface area contributed by atoms with Crippen molar-refractivity contribution in [3.63, 3.8) is 0 Å². The van der Waals surface area contributed by atoms with E-state index in [1.807, 2.05) is 13.8 Å². The molecule has 0 aliphatic heterocycles. The maximum absolute atomic E-state index is 13.3. The van der Waals surface area contributed by atoms with Crippen LogP contribution in [0.4, 0.5) is 18.9 Å². The van der Waals surface area contributed by atoms with E-state index in [0.29, 0.717) is 0 Å². The molecule has 1 amide bonds. The Kier molecular flexibility index (Phi) is 8.05. The highest BCUT2D eigenvalue weighted by molar-refractivity contribution is 6.10. The minimum atomic E-state index is -4.72. The molecule has 0 atom stereocenters. The second-order valence-corrected chi connectivity index (χ2v) is 5.69. The molecule has 0 fully saturated rings. The number of rotatable bonds is 4. The molecule has 29 heavy (non-hydrogen) atoms. The number of hydrogen-bond acceptors (Lipinski definition) is 5. The largest absolute Gasteiger partial charge is 0.465 e. The summed E-state index contributed by atoms with van der Waals surface area (Å²) in [7, 11) is 1.15. The Morgan fingerprint density at radius 3 is 2.34 bits per heavy atom. The average Bonchev–Trinajstić information content (AvgIpc) is 2.67. The summed E-state index contributed by atoms with van der Waals surface area (Å²) >= 11 is 0. The Morgan fingerprint density at radius 2 is 1.83 bits per heavy atom. The van der Waals surface area contributed by atoms with Crippen LogP contribution >= 0.6 is 0 Å². The molecule has 0 bridgehead atoms. The van der Waals surface area contributed by atoms with Crippen LogP contribution in [0.5, 0.6) is 0 Å². The van der Waals surface area contributed by atoms with Crippen LogP contribution in [0.25, 0.3) is 0 Å². The zero-order valence-corrected chi connectivity index (χ0v) is 16.7. The number of halogens is 3. The third-order valence-electron chi connectivity index (χ3n) is 3.72. The van der Waals surface area contributed by atoms with Gasteiger partial charge in [-0.05, 0) is 31.5 Å². The number of amides is 1. The van der Waals surface area contributed by atoms with Crippen LogP contribution in [0.1, 0.15) is 58.3 Å². The summed E-state index contributed by atoms with van der Waals surface area (Å²) in [5.41, 5.74) is -1.58. The molecule has 0 unspecified atom stereocenters. The van der Waals surface area contributed by atoms with Crippen molar-refractivity contribution < 1.29 is 27.5 Å². The van der Waals surface area contributed by atoms with Gasteiger partial charge in [-0.25, -0.2) is 4.79 Å². The Labute approximate surface area is 166 Å². The molecule has 0 aliphatic carbocycles. The number of hydrogen-bond donors (Lipinski definition) is 2. The number of pyridine rings is 1. The van der Waals surface area contributed by atoms with Crippen LogP contribution < -0.4 is 5.32 Å². The van der Waals surface area contributed by atoms with Crippen molar-refractivity contribution in [3.05, 3.63) is 58.4 Å². The number of aryl methyl sites for hydroxylation is 1. The number of carbonyl (C=O) groups is 2. The monoisotopic (exact) mass is 409 g/mol. The number of ether oxygens (including phenoxy) is 1. The van der Waals surface area contributed by atoms with E-state index in [-0.39, 0.29) is 28.2 Å². The summed E-state index contributed by atoms with van der Waals surface area (Å²) in [6.45, 7) is 6.78. The Morgan fingerprint density at radius 1 is 1.21 bits per heavy atom. The molecule has 0 saturated heterocycles. The van der Waals surface area contributed by atoms with E-state index in [4.69, 9.17) is 5.41 Å². The van der Waals surface area contributed by atoms with Gasteiger partial charge in [0.1, 0.15) is 5.69 Å². The first-order valence-electron chi connectivity index (χ1n) is 8.68. The minimum Gasteiger partial charge on any atom is -0.465 e. The molecular weight excluding hydrogens is 387 g/mol. The highest BCUT2D eigenvalue weighted by Gasteiger charge is 2.36. The molecule has 9 heteroatoms. The fourth-order valence-corrected chi connectivity index (χ4v) is 2.48. The first-order chi connectivity index (χ1) is 13.6. The molecular formula is C20H22F3N3O3. The molecule has 156 valence electrons. The van der Waals surface area contributed by atoms with Gasteiger partial charge in [-0.15, -0.1) is 0 Å². The summed E-state index contributed by atoms with van der Waals surface area (Å²) < 4.78 is 44.4. The number of methoxy groups -OCH3 is 1. The van der Waals surface area contributed by atoms with Crippen LogP contribution in [0.2, 0.25) is 0 Å². The molecule has 2 rings (SSSR count). The Balaban J connectivity index is 0.00000204. The van der Waals surface area contributed by atoms with Crippen molar-refractivity contribution in [1.82, 2.24) is 4.98 Å². The third-order valence-corrected chi connectivity index (χ3v) is 3.72. The number of carbonyl (C=O) groups excluding carboxylic acids is 2. The summed E-state index contributed by atoms with van der Waals surface area (Å²) in [5, 5.41) is 10.1. The molecule has 0 aliphatic rings.